The fourth-order valence-electron chi connectivity index (χ4n) is 0. The summed E-state index contributed by atoms with van der Waals surface area (Å²) >= 11 is 0. The first-order valence-electron chi connectivity index (χ1n) is 0. The van der Waals surface area contributed by atoms with Crippen molar-refractivity contribution in [2.45, 2.75) is 0 Å². The molecule has 0 heterocycles. The molecule has 0 bridgehead atoms. The molecule has 0 amide bonds. The molecule has 5 heavy (non-hydrogen) atoms. The molecule has 0 atom stereocenters. The van der Waals surface area contributed by atoms with Crippen LogP contribution >= 0.6 is 0 Å². The van der Waals surface area contributed by atoms with Crippen molar-refractivity contribution < 1.29 is 71.9 Å². The second-order valence-electron chi connectivity index (χ2n) is 0. The predicted molar refractivity (Wildman–Crippen MR) is 11.5 cm³/mol. The molecule has 5 heteroatoms. The summed E-state index contributed by atoms with van der Waals surface area (Å²) in [6.07, 6.45) is 0. The molecule has 0 fully saturated rings. The minimum Gasteiger partial charge on any atom is -1.00 e. The van der Waals surface area contributed by atoms with Gasteiger partial charge in [0.25, 0.3) is 0 Å². The number of rotatable bonds is 0. The zero-order chi connectivity index (χ0) is 0. The van der Waals surface area contributed by atoms with Crippen LogP contribution in [0, 0.1) is 0 Å². The molecule has 0 N–H and O–H groups in total. The minimum absolute atomic E-state index is 0. The summed E-state index contributed by atoms with van der Waals surface area (Å²) in [5.41, 5.74) is 0. The third-order valence-corrected chi connectivity index (χ3v) is 0. The smallest absolute Gasteiger partial charge is 1.00 e. The van der Waals surface area contributed by atoms with Gasteiger partial charge in [0.15, 0.2) is 0 Å². The van der Waals surface area contributed by atoms with Crippen molar-refractivity contribution in [3.63, 3.8) is 0 Å². The molecule has 28 valence electrons. The third-order valence-electron chi connectivity index (χ3n) is 0. The largest absolute Gasteiger partial charge is 2.00 e. The summed E-state index contributed by atoms with van der Waals surface area (Å²) < 4.78 is 0. The van der Waals surface area contributed by atoms with Crippen molar-refractivity contribution >= 4 is 54.6 Å². The van der Waals surface area contributed by atoms with E-state index in [2.05, 4.69) is 0 Å². The van der Waals surface area contributed by atoms with Crippen molar-refractivity contribution in [3.05, 3.63) is 0 Å². The molecule has 0 aromatic rings. The first-order chi connectivity index (χ1) is 0. The normalized spacial score (nSPS) is 0. The quantitative estimate of drug-likeness (QED) is 0.169. The first-order valence-corrected chi connectivity index (χ1v) is 0. The third kappa shape index (κ3) is 18.0. The van der Waals surface area contributed by atoms with Crippen LogP contribution in [0.4, 0.5) is 0 Å². The molecule has 0 saturated heterocycles. The van der Waals surface area contributed by atoms with E-state index >= 15 is 0 Å². The van der Waals surface area contributed by atoms with Gasteiger partial charge in [-0.1, -0.05) is 0 Å². The van der Waals surface area contributed by atoms with Crippen LogP contribution in [-0.4, -0.2) is 54.6 Å². The maximum atomic E-state index is 0. The molecule has 0 aliphatic heterocycles. The summed E-state index contributed by atoms with van der Waals surface area (Å²) in [6.45, 7) is 0. The Morgan fingerprint density at radius 3 is 0.600 bits per heavy atom. The molecular weight excluding hydrogens is 792 g/mol. The van der Waals surface area contributed by atoms with E-state index < -0.39 is 0 Å². The Balaban J connectivity index is 0. The van der Waals surface area contributed by atoms with Crippen molar-refractivity contribution in [1.82, 2.24) is 0 Å². The Hall–Kier alpha value is 4.03. The van der Waals surface area contributed by atoms with E-state index in [1.807, 2.05) is 0 Å². The second-order valence-corrected chi connectivity index (χ2v) is 0. The Morgan fingerprint density at radius 1 is 0.600 bits per heavy atom. The zero-order valence-electron chi connectivity index (χ0n) is 2.21. The van der Waals surface area contributed by atoms with Crippen LogP contribution < -0.4 is 71.9 Å². The van der Waals surface area contributed by atoms with Crippen molar-refractivity contribution in [2.75, 3.05) is 0 Å². The maximum absolute atomic E-state index is 0. The predicted octanol–water partition coefficient (Wildman–Crippen LogP) is -9.75. The Morgan fingerprint density at radius 2 is 0.600 bits per heavy atom. The standard InChI is InChI=1S/3HI.Pb.Tl/h3*1H;;/q;;;+2;+1/p-3. The van der Waals surface area contributed by atoms with E-state index in [-0.39, 0.29) is 127 Å². The summed E-state index contributed by atoms with van der Waals surface area (Å²) in [5.74, 6) is 0. The van der Waals surface area contributed by atoms with Crippen LogP contribution in [0.1, 0.15) is 0 Å². The van der Waals surface area contributed by atoms with Crippen LogP contribution in [0.3, 0.4) is 0 Å². The van der Waals surface area contributed by atoms with Gasteiger partial charge in [-0.05, 0) is 0 Å². The molecule has 0 rings (SSSR count). The monoisotopic (exact) mass is 794 g/mol. The summed E-state index contributed by atoms with van der Waals surface area (Å²) in [7, 11) is 0. The van der Waals surface area contributed by atoms with Gasteiger partial charge in [0.1, 0.15) is 0 Å². The molecule has 0 aromatic heterocycles. The molecule has 0 aliphatic rings. The van der Waals surface area contributed by atoms with Gasteiger partial charge >= 0.3 is 54.6 Å². The Bertz CT molecular complexity index is 6.85. The number of hydrogen-bond donors (Lipinski definition) is 0. The van der Waals surface area contributed by atoms with Crippen LogP contribution in [0.15, 0.2) is 0 Å². The molecule has 0 unspecified atom stereocenters. The summed E-state index contributed by atoms with van der Waals surface area (Å²) in [6, 6.07) is 0. The van der Waals surface area contributed by atoms with Crippen LogP contribution in [0.25, 0.3) is 0 Å². The van der Waals surface area contributed by atoms with E-state index in [0.717, 1.165) is 0 Å². The van der Waals surface area contributed by atoms with E-state index in [1.165, 1.54) is 0 Å². The number of hydrogen-bond acceptors (Lipinski definition) is 0. The van der Waals surface area contributed by atoms with Gasteiger partial charge in [0, 0.05) is 0 Å². The SMILES string of the molecule is [I-].[I-].[I-].[Pb+2].[Tl+]. The van der Waals surface area contributed by atoms with Crippen LogP contribution in [0.2, 0.25) is 0 Å². The second kappa shape index (κ2) is 24.4. The number of halogens is 3. The van der Waals surface area contributed by atoms with Crippen molar-refractivity contribution in [2.24, 2.45) is 0 Å². The zero-order valence-corrected chi connectivity index (χ0v) is 17.1. The van der Waals surface area contributed by atoms with Gasteiger partial charge in [0.2, 0.25) is 0 Å². The molecule has 0 saturated carbocycles. The van der Waals surface area contributed by atoms with Gasteiger partial charge in [-0.3, -0.25) is 0 Å². The summed E-state index contributed by atoms with van der Waals surface area (Å²) in [5, 5.41) is 0. The first kappa shape index (κ1) is 35.8. The summed E-state index contributed by atoms with van der Waals surface area (Å²) in [4.78, 5) is 0. The minimum atomic E-state index is 0. The van der Waals surface area contributed by atoms with E-state index in [0.29, 0.717) is 0 Å². The average Bonchev–Trinajstić information content (AvgIpc) is 0. The fraction of sp³-hybridized carbons (Fsp3) is 0. The fourth-order valence-corrected chi connectivity index (χ4v) is 0. The van der Waals surface area contributed by atoms with E-state index in [1.54, 1.807) is 0 Å². The van der Waals surface area contributed by atoms with Gasteiger partial charge in [-0.25, -0.2) is 0 Å². The molecular formula is I3PbTl. The van der Waals surface area contributed by atoms with Crippen molar-refractivity contribution in [1.29, 1.82) is 0 Å². The van der Waals surface area contributed by atoms with Gasteiger partial charge in [0.05, 0.1) is 0 Å². The molecule has 0 nitrogen and oxygen atoms in total. The topological polar surface area (TPSA) is 0 Å². The molecule has 0 spiro atoms. The van der Waals surface area contributed by atoms with E-state index in [9.17, 15) is 0 Å². The van der Waals surface area contributed by atoms with Gasteiger partial charge in [-0.15, -0.1) is 0 Å². The Kier molecular flexibility index (Phi) is 175. The molecule has 0 aliphatic carbocycles. The molecule has 0 aromatic carbocycles. The van der Waals surface area contributed by atoms with Gasteiger partial charge in [-0.2, -0.15) is 0 Å². The average molecular weight is 792 g/mol. The Labute approximate surface area is 123 Å². The van der Waals surface area contributed by atoms with Crippen LogP contribution in [-0.2, 0) is 0 Å². The maximum Gasteiger partial charge on any atom is 2.00 e. The van der Waals surface area contributed by atoms with E-state index in [4.69, 9.17) is 0 Å². The van der Waals surface area contributed by atoms with Crippen molar-refractivity contribution in [3.8, 4) is 0 Å². The molecule has 2 radical (unpaired) electrons. The van der Waals surface area contributed by atoms with Crippen LogP contribution in [0.5, 0.6) is 0 Å². The van der Waals surface area contributed by atoms with Gasteiger partial charge < -0.3 is 71.9 Å².